The maximum absolute atomic E-state index is 13.0. The highest BCUT2D eigenvalue weighted by atomic mass is 31.2. The summed E-state index contributed by atoms with van der Waals surface area (Å²) in [7, 11) is 1.25. The molecule has 0 aliphatic carbocycles. The molecule has 75 heavy (non-hydrogen) atoms. The zero-order chi connectivity index (χ0) is 54.9. The number of quaternary nitrogens is 1. The molecule has 0 rings (SSSR count). The van der Waals surface area contributed by atoms with Crippen molar-refractivity contribution >= 4 is 13.7 Å². The lowest BCUT2D eigenvalue weighted by molar-refractivity contribution is -0.870. The van der Waals surface area contributed by atoms with Gasteiger partial charge >= 0.3 is 0 Å². The lowest BCUT2D eigenvalue weighted by Gasteiger charge is -2.29. The zero-order valence-electron chi connectivity index (χ0n) is 50.5. The number of nitrogens with zero attached hydrogens (tertiary/aromatic N) is 1. The van der Waals surface area contributed by atoms with Crippen LogP contribution in [0, 0.1) is 0 Å². The fourth-order valence-electron chi connectivity index (χ4n) is 9.67. The summed E-state index contributed by atoms with van der Waals surface area (Å²) in [5.41, 5.74) is 0. The summed E-state index contributed by atoms with van der Waals surface area (Å²) in [6.07, 6.45) is 76.4. The molecular formula is C66H127N2O6P. The van der Waals surface area contributed by atoms with E-state index in [-0.39, 0.29) is 12.5 Å². The standard InChI is InChI=1S/C66H127N2O6P/c1-6-8-10-12-14-16-18-20-22-24-26-28-30-32-33-34-35-36-38-40-42-44-46-48-50-52-54-56-58-60-66(70)67-64(63-74-75(71,72)73-62-61-68(3,4)5)65(69)59-57-55-53-51-49-47-45-43-41-39-37-31-29-27-25-23-21-19-17-15-13-11-9-7-2/h26,28,32-33,49,51,57,59,64-65,69H,6-25,27,29-31,34-48,50,52-56,58,60-63H2,1-5H3,(H-,67,70,71,72)/b28-26-,33-32-,51-49+,59-57+. The van der Waals surface area contributed by atoms with E-state index in [0.717, 1.165) is 44.9 Å². The minimum Gasteiger partial charge on any atom is -0.756 e. The van der Waals surface area contributed by atoms with Gasteiger partial charge in [0.05, 0.1) is 39.9 Å². The number of nitrogens with one attached hydrogen (secondary N) is 1. The number of rotatable bonds is 60. The van der Waals surface area contributed by atoms with Crippen molar-refractivity contribution in [3.63, 3.8) is 0 Å². The molecule has 0 bridgehead atoms. The Hall–Kier alpha value is -1.54. The third kappa shape index (κ3) is 60.0. The van der Waals surface area contributed by atoms with E-state index in [1.807, 2.05) is 27.2 Å². The van der Waals surface area contributed by atoms with Crippen LogP contribution in [-0.2, 0) is 18.4 Å². The Morgan fingerprint density at radius 1 is 0.467 bits per heavy atom. The topological polar surface area (TPSA) is 108 Å². The molecule has 0 aliphatic rings. The second-order valence-corrected chi connectivity index (χ2v) is 24.9. The van der Waals surface area contributed by atoms with Crippen molar-refractivity contribution in [3.8, 4) is 0 Å². The van der Waals surface area contributed by atoms with E-state index < -0.39 is 26.6 Å². The maximum Gasteiger partial charge on any atom is 0.268 e. The number of phosphoric acid groups is 1. The summed E-state index contributed by atoms with van der Waals surface area (Å²) in [5.74, 6) is -0.204. The molecule has 442 valence electrons. The Labute approximate surface area is 467 Å². The van der Waals surface area contributed by atoms with Gasteiger partial charge in [-0.2, -0.15) is 0 Å². The van der Waals surface area contributed by atoms with Gasteiger partial charge in [0.25, 0.3) is 7.82 Å². The molecule has 0 aromatic carbocycles. The Balaban J connectivity index is 4.15. The molecule has 3 unspecified atom stereocenters. The first-order valence-electron chi connectivity index (χ1n) is 32.5. The van der Waals surface area contributed by atoms with E-state index in [1.165, 1.54) is 250 Å². The fraction of sp³-hybridized carbons (Fsp3) is 0.864. The van der Waals surface area contributed by atoms with Crippen molar-refractivity contribution in [1.82, 2.24) is 5.32 Å². The van der Waals surface area contributed by atoms with Crippen molar-refractivity contribution in [2.24, 2.45) is 0 Å². The molecule has 0 spiro atoms. The SMILES string of the molecule is CCCCCCCCCCC/C=C\C/C=C\CCCCCCCCCCCCCCCC(=O)NC(COP(=O)([O-])OCC[N+](C)(C)C)C(O)/C=C/CC/C=C/CCCCCCCCCCCCCCCCCCCC. The van der Waals surface area contributed by atoms with Gasteiger partial charge in [0.1, 0.15) is 13.2 Å². The summed E-state index contributed by atoms with van der Waals surface area (Å²) in [4.78, 5) is 25.6. The monoisotopic (exact) mass is 1070 g/mol. The molecule has 0 aliphatic heterocycles. The Kier molecular flexibility index (Phi) is 56.0. The van der Waals surface area contributed by atoms with Crippen LogP contribution in [0.15, 0.2) is 48.6 Å². The van der Waals surface area contributed by atoms with Crippen LogP contribution in [0.25, 0.3) is 0 Å². The Bertz CT molecular complexity index is 1360. The van der Waals surface area contributed by atoms with Crippen LogP contribution in [0.4, 0.5) is 0 Å². The Morgan fingerprint density at radius 2 is 0.787 bits per heavy atom. The number of aliphatic hydroxyl groups excluding tert-OH is 1. The van der Waals surface area contributed by atoms with Crippen molar-refractivity contribution in [2.45, 2.75) is 328 Å². The van der Waals surface area contributed by atoms with E-state index in [4.69, 9.17) is 9.05 Å². The van der Waals surface area contributed by atoms with E-state index in [1.54, 1.807) is 6.08 Å². The lowest BCUT2D eigenvalue weighted by atomic mass is 10.0. The number of hydrogen-bond acceptors (Lipinski definition) is 6. The van der Waals surface area contributed by atoms with E-state index in [2.05, 4.69) is 55.6 Å². The summed E-state index contributed by atoms with van der Waals surface area (Å²) in [6.45, 7) is 4.67. The molecule has 0 radical (unpaired) electrons. The number of aliphatic hydroxyl groups is 1. The predicted molar refractivity (Wildman–Crippen MR) is 325 cm³/mol. The third-order valence-corrected chi connectivity index (χ3v) is 15.7. The number of carbonyl (C=O) groups excluding carboxylic acids is 1. The van der Waals surface area contributed by atoms with Crippen LogP contribution in [0.3, 0.4) is 0 Å². The van der Waals surface area contributed by atoms with Gasteiger partial charge in [0, 0.05) is 6.42 Å². The van der Waals surface area contributed by atoms with Gasteiger partial charge in [-0.1, -0.05) is 294 Å². The first-order chi connectivity index (χ1) is 36.5. The van der Waals surface area contributed by atoms with Crippen LogP contribution in [0.1, 0.15) is 316 Å². The molecule has 0 aromatic rings. The van der Waals surface area contributed by atoms with Gasteiger partial charge in [-0.15, -0.1) is 0 Å². The van der Waals surface area contributed by atoms with Crippen molar-refractivity contribution < 1.29 is 32.9 Å². The first-order valence-corrected chi connectivity index (χ1v) is 34.0. The summed E-state index contributed by atoms with van der Waals surface area (Å²) in [5, 5.41) is 13.9. The molecule has 0 saturated carbocycles. The number of carbonyl (C=O) groups is 1. The minimum absolute atomic E-state index is 0.00648. The maximum atomic E-state index is 13.0. The summed E-state index contributed by atoms with van der Waals surface area (Å²) in [6, 6.07) is -0.906. The highest BCUT2D eigenvalue weighted by Gasteiger charge is 2.23. The smallest absolute Gasteiger partial charge is 0.268 e. The second-order valence-electron chi connectivity index (χ2n) is 23.5. The van der Waals surface area contributed by atoms with Crippen LogP contribution < -0.4 is 10.2 Å². The number of allylic oxidation sites excluding steroid dienone is 7. The van der Waals surface area contributed by atoms with Crippen molar-refractivity contribution in [3.05, 3.63) is 48.6 Å². The number of phosphoric ester groups is 1. The molecule has 0 heterocycles. The van der Waals surface area contributed by atoms with Crippen LogP contribution in [0.5, 0.6) is 0 Å². The fourth-order valence-corrected chi connectivity index (χ4v) is 10.4. The summed E-state index contributed by atoms with van der Waals surface area (Å²) >= 11 is 0. The largest absolute Gasteiger partial charge is 0.756 e. The normalized spacial score (nSPS) is 14.1. The van der Waals surface area contributed by atoms with Gasteiger partial charge in [-0.25, -0.2) is 0 Å². The van der Waals surface area contributed by atoms with Crippen molar-refractivity contribution in [2.75, 3.05) is 40.9 Å². The molecule has 8 nitrogen and oxygen atoms in total. The molecule has 0 fully saturated rings. The predicted octanol–water partition coefficient (Wildman–Crippen LogP) is 19.6. The first kappa shape index (κ1) is 73.5. The van der Waals surface area contributed by atoms with Crippen LogP contribution in [0.2, 0.25) is 0 Å². The molecule has 0 saturated heterocycles. The van der Waals surface area contributed by atoms with E-state index in [9.17, 15) is 19.4 Å². The third-order valence-electron chi connectivity index (χ3n) is 14.8. The molecule has 0 aromatic heterocycles. The lowest BCUT2D eigenvalue weighted by Crippen LogP contribution is -2.45. The Morgan fingerprint density at radius 3 is 1.16 bits per heavy atom. The number of amides is 1. The number of likely N-dealkylation sites (N-methyl/N-ethyl adjacent to an activating group) is 1. The second kappa shape index (κ2) is 57.2. The average Bonchev–Trinajstić information content (AvgIpc) is 3.37. The molecule has 9 heteroatoms. The quantitative estimate of drug-likeness (QED) is 0.0272. The van der Waals surface area contributed by atoms with Gasteiger partial charge in [-0.3, -0.25) is 9.36 Å². The zero-order valence-corrected chi connectivity index (χ0v) is 51.4. The highest BCUT2D eigenvalue weighted by molar-refractivity contribution is 7.45. The van der Waals surface area contributed by atoms with Gasteiger partial charge in [0.15, 0.2) is 0 Å². The van der Waals surface area contributed by atoms with E-state index in [0.29, 0.717) is 17.4 Å². The number of hydrogen-bond donors (Lipinski definition) is 2. The van der Waals surface area contributed by atoms with E-state index >= 15 is 0 Å². The highest BCUT2D eigenvalue weighted by Crippen LogP contribution is 2.38. The van der Waals surface area contributed by atoms with Gasteiger partial charge in [0.2, 0.25) is 5.91 Å². The van der Waals surface area contributed by atoms with Crippen LogP contribution >= 0.6 is 7.82 Å². The molecule has 3 atom stereocenters. The van der Waals surface area contributed by atoms with Gasteiger partial charge in [-0.05, 0) is 64.2 Å². The molecular weight excluding hydrogens is 948 g/mol. The average molecular weight is 1080 g/mol. The summed E-state index contributed by atoms with van der Waals surface area (Å²) < 4.78 is 23.4. The minimum atomic E-state index is -4.61. The van der Waals surface area contributed by atoms with Crippen LogP contribution in [-0.4, -0.2) is 68.5 Å². The molecule has 2 N–H and O–H groups in total. The number of unbranched alkanes of at least 4 members (excludes halogenated alkanes) is 41. The van der Waals surface area contributed by atoms with Gasteiger partial charge < -0.3 is 28.8 Å². The molecule has 1 amide bonds. The van der Waals surface area contributed by atoms with Crippen molar-refractivity contribution in [1.29, 1.82) is 0 Å².